The number of hydrogen-bond donors (Lipinski definition) is 1. The largest absolute Gasteiger partial charge is 0.387 e. The molecule has 0 saturated heterocycles. The summed E-state index contributed by atoms with van der Waals surface area (Å²) < 4.78 is 0. The predicted octanol–water partition coefficient (Wildman–Crippen LogP) is 3.38. The zero-order chi connectivity index (χ0) is 13.8. The standard InChI is InChI=1S/C18H21NO/c20-18(16-9-5-2-6-10-16)14-19(17-11-12-17)13-15-7-3-1-4-8-15/h1-10,17-18,20H,11-14H2. The molecule has 0 aliphatic heterocycles. The Labute approximate surface area is 120 Å². The van der Waals surface area contributed by atoms with Crippen LogP contribution in [0.1, 0.15) is 30.1 Å². The van der Waals surface area contributed by atoms with Crippen LogP contribution in [0.2, 0.25) is 0 Å². The molecule has 2 aromatic carbocycles. The van der Waals surface area contributed by atoms with Crippen LogP contribution < -0.4 is 0 Å². The first kappa shape index (κ1) is 13.3. The molecular formula is C18H21NO. The zero-order valence-corrected chi connectivity index (χ0v) is 11.7. The van der Waals surface area contributed by atoms with Gasteiger partial charge in [0.1, 0.15) is 0 Å². The molecule has 104 valence electrons. The van der Waals surface area contributed by atoms with Crippen molar-refractivity contribution in [3.63, 3.8) is 0 Å². The number of benzene rings is 2. The van der Waals surface area contributed by atoms with Crippen molar-refractivity contribution in [3.8, 4) is 0 Å². The van der Waals surface area contributed by atoms with Gasteiger partial charge in [0, 0.05) is 19.1 Å². The second-order valence-corrected chi connectivity index (χ2v) is 5.57. The summed E-state index contributed by atoms with van der Waals surface area (Å²) >= 11 is 0. The Morgan fingerprint density at radius 3 is 2.15 bits per heavy atom. The van der Waals surface area contributed by atoms with Crippen LogP contribution in [-0.2, 0) is 6.54 Å². The van der Waals surface area contributed by atoms with Crippen molar-refractivity contribution in [2.75, 3.05) is 6.54 Å². The van der Waals surface area contributed by atoms with Crippen molar-refractivity contribution in [2.45, 2.75) is 31.5 Å². The summed E-state index contributed by atoms with van der Waals surface area (Å²) in [5.41, 5.74) is 2.32. The van der Waals surface area contributed by atoms with Gasteiger partial charge in [-0.15, -0.1) is 0 Å². The minimum absolute atomic E-state index is 0.402. The van der Waals surface area contributed by atoms with Crippen molar-refractivity contribution in [1.29, 1.82) is 0 Å². The summed E-state index contributed by atoms with van der Waals surface area (Å²) in [7, 11) is 0. The van der Waals surface area contributed by atoms with E-state index in [-0.39, 0.29) is 0 Å². The highest BCUT2D eigenvalue weighted by atomic mass is 16.3. The molecule has 0 radical (unpaired) electrons. The van der Waals surface area contributed by atoms with Crippen LogP contribution in [0, 0.1) is 0 Å². The number of rotatable bonds is 6. The Balaban J connectivity index is 1.66. The first-order valence-electron chi connectivity index (χ1n) is 7.34. The summed E-state index contributed by atoms with van der Waals surface area (Å²) in [5.74, 6) is 0. The summed E-state index contributed by atoms with van der Waals surface area (Å²) in [6, 6.07) is 21.1. The van der Waals surface area contributed by atoms with E-state index in [1.54, 1.807) is 0 Å². The molecule has 20 heavy (non-hydrogen) atoms. The molecule has 1 saturated carbocycles. The van der Waals surface area contributed by atoms with Gasteiger partial charge in [0.25, 0.3) is 0 Å². The van der Waals surface area contributed by atoms with Crippen LogP contribution >= 0.6 is 0 Å². The summed E-state index contributed by atoms with van der Waals surface area (Å²) in [4.78, 5) is 2.41. The van der Waals surface area contributed by atoms with Crippen LogP contribution in [0.4, 0.5) is 0 Å². The highest BCUT2D eigenvalue weighted by Crippen LogP contribution is 2.30. The van der Waals surface area contributed by atoms with Crippen molar-refractivity contribution in [1.82, 2.24) is 4.90 Å². The molecule has 1 aliphatic carbocycles. The smallest absolute Gasteiger partial charge is 0.0917 e. The zero-order valence-electron chi connectivity index (χ0n) is 11.7. The second-order valence-electron chi connectivity index (χ2n) is 5.57. The quantitative estimate of drug-likeness (QED) is 0.867. The van der Waals surface area contributed by atoms with E-state index in [0.29, 0.717) is 12.6 Å². The Morgan fingerprint density at radius 2 is 1.55 bits per heavy atom. The predicted molar refractivity (Wildman–Crippen MR) is 81.3 cm³/mol. The highest BCUT2D eigenvalue weighted by Gasteiger charge is 2.30. The fourth-order valence-corrected chi connectivity index (χ4v) is 2.60. The Morgan fingerprint density at radius 1 is 0.950 bits per heavy atom. The van der Waals surface area contributed by atoms with Gasteiger partial charge < -0.3 is 5.11 Å². The van der Waals surface area contributed by atoms with Gasteiger partial charge in [0.15, 0.2) is 0 Å². The number of nitrogens with zero attached hydrogens (tertiary/aromatic N) is 1. The first-order valence-corrected chi connectivity index (χ1v) is 7.34. The topological polar surface area (TPSA) is 23.5 Å². The molecule has 1 aliphatic rings. The molecule has 2 heteroatoms. The molecule has 1 unspecified atom stereocenters. The van der Waals surface area contributed by atoms with Crippen LogP contribution in [0.25, 0.3) is 0 Å². The monoisotopic (exact) mass is 267 g/mol. The van der Waals surface area contributed by atoms with Crippen molar-refractivity contribution in [3.05, 3.63) is 71.8 Å². The molecule has 2 nitrogen and oxygen atoms in total. The fraction of sp³-hybridized carbons (Fsp3) is 0.333. The number of aliphatic hydroxyl groups is 1. The molecule has 3 rings (SSSR count). The number of aliphatic hydroxyl groups excluding tert-OH is 1. The molecule has 0 amide bonds. The van der Waals surface area contributed by atoms with Gasteiger partial charge in [-0.1, -0.05) is 60.7 Å². The average molecular weight is 267 g/mol. The Hall–Kier alpha value is -1.64. The highest BCUT2D eigenvalue weighted by molar-refractivity contribution is 5.18. The third-order valence-corrected chi connectivity index (χ3v) is 3.88. The summed E-state index contributed by atoms with van der Waals surface area (Å²) in [5, 5.41) is 10.4. The third-order valence-electron chi connectivity index (χ3n) is 3.88. The van der Waals surface area contributed by atoms with E-state index in [9.17, 15) is 5.11 Å². The van der Waals surface area contributed by atoms with Gasteiger partial charge in [0.2, 0.25) is 0 Å². The van der Waals surface area contributed by atoms with Crippen LogP contribution in [-0.4, -0.2) is 22.6 Å². The van der Waals surface area contributed by atoms with Gasteiger partial charge in [-0.2, -0.15) is 0 Å². The fourth-order valence-electron chi connectivity index (χ4n) is 2.60. The molecule has 0 heterocycles. The lowest BCUT2D eigenvalue weighted by Gasteiger charge is -2.25. The third kappa shape index (κ3) is 3.47. The molecule has 1 atom stereocenters. The van der Waals surface area contributed by atoms with E-state index >= 15 is 0 Å². The molecule has 0 spiro atoms. The molecule has 1 N–H and O–H groups in total. The number of hydrogen-bond acceptors (Lipinski definition) is 2. The lowest BCUT2D eigenvalue weighted by Crippen LogP contribution is -2.30. The lowest BCUT2D eigenvalue weighted by atomic mass is 10.1. The Bertz CT molecular complexity index is 522. The van der Waals surface area contributed by atoms with Gasteiger partial charge in [0.05, 0.1) is 6.10 Å². The minimum Gasteiger partial charge on any atom is -0.387 e. The van der Waals surface area contributed by atoms with Crippen molar-refractivity contribution < 1.29 is 5.11 Å². The normalized spacial score (nSPS) is 16.3. The lowest BCUT2D eigenvalue weighted by molar-refractivity contribution is 0.104. The summed E-state index contributed by atoms with van der Waals surface area (Å²) in [6.45, 7) is 1.64. The molecule has 0 aromatic heterocycles. The second kappa shape index (κ2) is 6.21. The van der Waals surface area contributed by atoms with E-state index in [4.69, 9.17) is 0 Å². The first-order chi connectivity index (χ1) is 9.83. The molecule has 2 aromatic rings. The van der Waals surface area contributed by atoms with Crippen LogP contribution in [0.3, 0.4) is 0 Å². The van der Waals surface area contributed by atoms with Crippen molar-refractivity contribution in [2.24, 2.45) is 0 Å². The van der Waals surface area contributed by atoms with Crippen molar-refractivity contribution >= 4 is 0 Å². The minimum atomic E-state index is -0.402. The molecule has 0 bridgehead atoms. The van der Waals surface area contributed by atoms with E-state index in [2.05, 4.69) is 29.2 Å². The molecular weight excluding hydrogens is 246 g/mol. The van der Waals surface area contributed by atoms with E-state index in [0.717, 1.165) is 12.1 Å². The average Bonchev–Trinajstić information content (AvgIpc) is 3.33. The maximum atomic E-state index is 10.4. The van der Waals surface area contributed by atoms with Gasteiger partial charge in [-0.25, -0.2) is 0 Å². The van der Waals surface area contributed by atoms with Crippen LogP contribution in [0.5, 0.6) is 0 Å². The van der Waals surface area contributed by atoms with Gasteiger partial charge in [-0.05, 0) is 24.0 Å². The SMILES string of the molecule is OC(CN(Cc1ccccc1)C1CC1)c1ccccc1. The maximum absolute atomic E-state index is 10.4. The van der Waals surface area contributed by atoms with E-state index in [1.807, 2.05) is 36.4 Å². The Kier molecular flexibility index (Phi) is 4.14. The maximum Gasteiger partial charge on any atom is 0.0917 e. The van der Waals surface area contributed by atoms with E-state index in [1.165, 1.54) is 18.4 Å². The van der Waals surface area contributed by atoms with Gasteiger partial charge in [-0.3, -0.25) is 4.90 Å². The molecule has 1 fully saturated rings. The van der Waals surface area contributed by atoms with Gasteiger partial charge >= 0.3 is 0 Å². The van der Waals surface area contributed by atoms with Crippen LogP contribution in [0.15, 0.2) is 60.7 Å². The van der Waals surface area contributed by atoms with E-state index < -0.39 is 6.10 Å². The summed E-state index contributed by atoms with van der Waals surface area (Å²) in [6.07, 6.45) is 2.11.